The van der Waals surface area contributed by atoms with Crippen LogP contribution in [-0.4, -0.2) is 55.9 Å². The fourth-order valence-corrected chi connectivity index (χ4v) is 3.51. The summed E-state index contributed by atoms with van der Waals surface area (Å²) in [5, 5.41) is 10.5. The van der Waals surface area contributed by atoms with Crippen LogP contribution in [0.4, 0.5) is 0 Å². The minimum atomic E-state index is 0.0377. The number of thioether (sulfide) groups is 1. The van der Waals surface area contributed by atoms with Crippen molar-refractivity contribution < 1.29 is 4.79 Å². The number of carbonyl (C=O) groups excluding carboxylic acids is 1. The molecule has 1 fully saturated rings. The molecule has 8 heteroatoms. The molecule has 2 N–H and O–H groups in total. The number of nitrogens with one attached hydrogen (secondary N) is 2. The number of rotatable bonds is 6. The highest BCUT2D eigenvalue weighted by molar-refractivity contribution is 7.99. The van der Waals surface area contributed by atoms with E-state index < -0.39 is 0 Å². The van der Waals surface area contributed by atoms with Gasteiger partial charge >= 0.3 is 0 Å². The second kappa shape index (κ2) is 8.25. The van der Waals surface area contributed by atoms with Gasteiger partial charge in [-0.25, -0.2) is 4.98 Å². The fraction of sp³-hybridized carbons (Fsp3) is 0.500. The van der Waals surface area contributed by atoms with Crippen molar-refractivity contribution in [3.63, 3.8) is 0 Å². The van der Waals surface area contributed by atoms with E-state index in [1.54, 1.807) is 6.20 Å². The van der Waals surface area contributed by atoms with Gasteiger partial charge in [-0.05, 0) is 37.9 Å². The summed E-state index contributed by atoms with van der Waals surface area (Å²) in [6.45, 7) is 4.67. The van der Waals surface area contributed by atoms with E-state index in [1.165, 1.54) is 17.3 Å². The molecule has 128 valence electrons. The minimum absolute atomic E-state index is 0.0377. The third kappa shape index (κ3) is 5.04. The summed E-state index contributed by atoms with van der Waals surface area (Å²) in [7, 11) is 0. The Morgan fingerprint density at radius 3 is 3.21 bits per heavy atom. The smallest absolute Gasteiger partial charge is 0.230 e. The summed E-state index contributed by atoms with van der Waals surface area (Å²) < 4.78 is 0. The summed E-state index contributed by atoms with van der Waals surface area (Å²) in [4.78, 5) is 22.9. The molecule has 1 saturated heterocycles. The molecule has 1 aliphatic heterocycles. The van der Waals surface area contributed by atoms with Crippen LogP contribution in [0.3, 0.4) is 0 Å². The summed E-state index contributed by atoms with van der Waals surface area (Å²) in [5.41, 5.74) is 1.21. The van der Waals surface area contributed by atoms with Gasteiger partial charge in [-0.2, -0.15) is 0 Å². The Morgan fingerprint density at radius 1 is 1.54 bits per heavy atom. The van der Waals surface area contributed by atoms with Crippen LogP contribution >= 0.6 is 11.8 Å². The maximum atomic E-state index is 12.1. The summed E-state index contributed by atoms with van der Waals surface area (Å²) in [6.07, 6.45) is 5.81. The zero-order chi connectivity index (χ0) is 16.8. The van der Waals surface area contributed by atoms with E-state index in [1.807, 2.05) is 19.2 Å². The first-order valence-electron chi connectivity index (χ1n) is 8.11. The molecule has 1 amide bonds. The average molecular weight is 346 g/mol. The molecule has 1 atom stereocenters. The normalized spacial score (nSPS) is 18.5. The predicted molar refractivity (Wildman–Crippen MR) is 92.5 cm³/mol. The van der Waals surface area contributed by atoms with Gasteiger partial charge in [-0.3, -0.25) is 19.8 Å². The average Bonchev–Trinajstić information content (AvgIpc) is 3.00. The van der Waals surface area contributed by atoms with Crippen molar-refractivity contribution in [2.45, 2.75) is 37.5 Å². The number of pyridine rings is 1. The van der Waals surface area contributed by atoms with Crippen molar-refractivity contribution in [1.82, 2.24) is 30.4 Å². The lowest BCUT2D eigenvalue weighted by atomic mass is 10.1. The number of likely N-dealkylation sites (tertiary alicyclic amines) is 1. The quantitative estimate of drug-likeness (QED) is 0.769. The monoisotopic (exact) mass is 346 g/mol. The number of aromatic amines is 1. The molecule has 3 rings (SSSR count). The lowest BCUT2D eigenvalue weighted by Crippen LogP contribution is -2.47. The van der Waals surface area contributed by atoms with Crippen LogP contribution in [0, 0.1) is 6.92 Å². The van der Waals surface area contributed by atoms with Crippen LogP contribution in [0.2, 0.25) is 0 Å². The topological polar surface area (TPSA) is 86.8 Å². The van der Waals surface area contributed by atoms with Crippen LogP contribution < -0.4 is 5.32 Å². The lowest BCUT2D eigenvalue weighted by molar-refractivity contribution is -0.119. The second-order valence-electron chi connectivity index (χ2n) is 6.00. The number of amides is 1. The highest BCUT2D eigenvalue weighted by Crippen LogP contribution is 2.15. The lowest BCUT2D eigenvalue weighted by Gasteiger charge is -2.33. The molecule has 24 heavy (non-hydrogen) atoms. The molecular weight excluding hydrogens is 324 g/mol. The maximum Gasteiger partial charge on any atom is 0.230 e. The SMILES string of the molecule is Cc1nc(SCC(=O)N[C@H]2CCCN(Cc3cccnc3)C2)n[nH]1. The molecule has 0 saturated carbocycles. The molecule has 0 aliphatic carbocycles. The van der Waals surface area contributed by atoms with Crippen LogP contribution in [0.1, 0.15) is 24.2 Å². The third-order valence-corrected chi connectivity index (χ3v) is 4.76. The summed E-state index contributed by atoms with van der Waals surface area (Å²) in [6, 6.07) is 4.25. The molecule has 0 spiro atoms. The molecule has 0 unspecified atom stereocenters. The van der Waals surface area contributed by atoms with Crippen molar-refractivity contribution in [3.8, 4) is 0 Å². The van der Waals surface area contributed by atoms with E-state index >= 15 is 0 Å². The highest BCUT2D eigenvalue weighted by Gasteiger charge is 2.21. The number of carbonyl (C=O) groups is 1. The second-order valence-corrected chi connectivity index (χ2v) is 6.94. The van der Waals surface area contributed by atoms with Gasteiger partial charge in [0.15, 0.2) is 0 Å². The van der Waals surface area contributed by atoms with Crippen LogP contribution in [-0.2, 0) is 11.3 Å². The number of hydrogen-bond donors (Lipinski definition) is 2. The third-order valence-electron chi connectivity index (χ3n) is 3.91. The Balaban J connectivity index is 1.43. The van der Waals surface area contributed by atoms with E-state index in [0.29, 0.717) is 10.9 Å². The number of H-pyrrole nitrogens is 1. The Morgan fingerprint density at radius 2 is 2.46 bits per heavy atom. The van der Waals surface area contributed by atoms with Crippen LogP contribution in [0.15, 0.2) is 29.7 Å². The van der Waals surface area contributed by atoms with Crippen molar-refractivity contribution in [3.05, 3.63) is 35.9 Å². The number of hydrogen-bond acceptors (Lipinski definition) is 6. The van der Waals surface area contributed by atoms with E-state index in [9.17, 15) is 4.79 Å². The van der Waals surface area contributed by atoms with E-state index in [0.717, 1.165) is 38.3 Å². The van der Waals surface area contributed by atoms with Crippen molar-refractivity contribution in [2.75, 3.05) is 18.8 Å². The number of piperidine rings is 1. The highest BCUT2D eigenvalue weighted by atomic mass is 32.2. The molecule has 2 aromatic rings. The first kappa shape index (κ1) is 16.9. The van der Waals surface area contributed by atoms with Crippen LogP contribution in [0.25, 0.3) is 0 Å². The predicted octanol–water partition coefficient (Wildman–Crippen LogP) is 1.38. The summed E-state index contributed by atoms with van der Waals surface area (Å²) in [5.74, 6) is 1.14. The Kier molecular flexibility index (Phi) is 5.81. The molecule has 0 aromatic carbocycles. The maximum absolute atomic E-state index is 12.1. The van der Waals surface area contributed by atoms with E-state index in [-0.39, 0.29) is 11.9 Å². The van der Waals surface area contributed by atoms with Crippen LogP contribution in [0.5, 0.6) is 0 Å². The number of aromatic nitrogens is 4. The van der Waals surface area contributed by atoms with Gasteiger partial charge in [-0.15, -0.1) is 5.10 Å². The van der Waals surface area contributed by atoms with Gasteiger partial charge in [-0.1, -0.05) is 17.8 Å². The van der Waals surface area contributed by atoms with Gasteiger partial charge in [0.2, 0.25) is 11.1 Å². The molecule has 2 aromatic heterocycles. The Bertz CT molecular complexity index is 662. The molecule has 0 bridgehead atoms. The molecule has 1 aliphatic rings. The Labute approximate surface area is 145 Å². The Hall–Kier alpha value is -1.93. The number of aryl methyl sites for hydroxylation is 1. The zero-order valence-electron chi connectivity index (χ0n) is 13.7. The van der Waals surface area contributed by atoms with Crippen molar-refractivity contribution >= 4 is 17.7 Å². The molecule has 0 radical (unpaired) electrons. The number of nitrogens with zero attached hydrogens (tertiary/aromatic N) is 4. The van der Waals surface area contributed by atoms with E-state index in [2.05, 4.69) is 36.4 Å². The van der Waals surface area contributed by atoms with Crippen molar-refractivity contribution in [2.24, 2.45) is 0 Å². The zero-order valence-corrected chi connectivity index (χ0v) is 14.6. The van der Waals surface area contributed by atoms with E-state index in [4.69, 9.17) is 0 Å². The first-order chi connectivity index (χ1) is 11.7. The molecule has 3 heterocycles. The van der Waals surface area contributed by atoms with Gasteiger partial charge in [0.25, 0.3) is 0 Å². The molecule has 7 nitrogen and oxygen atoms in total. The fourth-order valence-electron chi connectivity index (χ4n) is 2.85. The standard InChI is InChI=1S/C16H22N6OS/c1-12-18-16(21-20-12)24-11-15(23)19-14-5-3-7-22(10-14)9-13-4-2-6-17-8-13/h2,4,6,8,14H,3,5,7,9-11H2,1H3,(H,19,23)(H,18,20,21)/t14-/m0/s1. The van der Waals surface area contributed by atoms with Gasteiger partial charge < -0.3 is 5.32 Å². The van der Waals surface area contributed by atoms with Gasteiger partial charge in [0.1, 0.15) is 5.82 Å². The van der Waals surface area contributed by atoms with Gasteiger partial charge in [0.05, 0.1) is 5.75 Å². The molecular formula is C16H22N6OS. The van der Waals surface area contributed by atoms with Gasteiger partial charge in [0, 0.05) is 31.5 Å². The largest absolute Gasteiger partial charge is 0.351 e. The summed E-state index contributed by atoms with van der Waals surface area (Å²) >= 11 is 1.35. The minimum Gasteiger partial charge on any atom is -0.351 e. The first-order valence-corrected chi connectivity index (χ1v) is 9.10. The van der Waals surface area contributed by atoms with Crippen molar-refractivity contribution in [1.29, 1.82) is 0 Å².